The molecular formula is C24H44IN7O. The number of nitrogens with one attached hydrogen (secondary N) is 2. The van der Waals surface area contributed by atoms with E-state index in [0.29, 0.717) is 19.1 Å². The second kappa shape index (κ2) is 16.1. The van der Waals surface area contributed by atoms with Crippen molar-refractivity contribution in [3.05, 3.63) is 23.9 Å². The molecule has 1 aliphatic rings. The number of carbonyl (C=O) groups is 1. The molecule has 0 radical (unpaired) electrons. The third-order valence-corrected chi connectivity index (χ3v) is 6.13. The molecule has 2 rings (SSSR count). The Hall–Kier alpha value is -1.62. The molecule has 188 valence electrons. The maximum absolute atomic E-state index is 11.7. The third kappa shape index (κ3) is 10.0. The van der Waals surface area contributed by atoms with Gasteiger partial charge in [0.1, 0.15) is 5.82 Å². The van der Waals surface area contributed by atoms with Crippen LogP contribution < -0.4 is 21.3 Å². The van der Waals surface area contributed by atoms with Crippen LogP contribution in [0.15, 0.2) is 23.3 Å². The largest absolute Gasteiger partial charge is 0.369 e. The van der Waals surface area contributed by atoms with Crippen molar-refractivity contribution in [3.63, 3.8) is 0 Å². The van der Waals surface area contributed by atoms with E-state index in [9.17, 15) is 4.79 Å². The summed E-state index contributed by atoms with van der Waals surface area (Å²) < 4.78 is 0. The summed E-state index contributed by atoms with van der Waals surface area (Å²) in [5.74, 6) is 1.40. The molecule has 8 nitrogen and oxygen atoms in total. The lowest BCUT2D eigenvalue weighted by Gasteiger charge is -2.33. The van der Waals surface area contributed by atoms with Crippen molar-refractivity contribution in [1.82, 2.24) is 20.5 Å². The van der Waals surface area contributed by atoms with Crippen molar-refractivity contribution < 1.29 is 4.79 Å². The molecule has 2 atom stereocenters. The Labute approximate surface area is 217 Å². The molecule has 1 fully saturated rings. The maximum Gasteiger partial charge on any atom is 0.222 e. The lowest BCUT2D eigenvalue weighted by Crippen LogP contribution is -2.43. The quantitative estimate of drug-likeness (QED) is 0.202. The first kappa shape index (κ1) is 29.4. The van der Waals surface area contributed by atoms with E-state index in [2.05, 4.69) is 59.2 Å². The molecule has 0 saturated carbocycles. The molecule has 0 spiro atoms. The third-order valence-electron chi connectivity index (χ3n) is 6.13. The number of pyridine rings is 1. The number of guanidine groups is 1. The summed E-state index contributed by atoms with van der Waals surface area (Å²) in [5.41, 5.74) is 6.62. The molecule has 1 amide bonds. The van der Waals surface area contributed by atoms with Crippen LogP contribution in [-0.2, 0) is 11.3 Å². The lowest BCUT2D eigenvalue weighted by atomic mass is 9.97. The minimum atomic E-state index is -0.223. The minimum Gasteiger partial charge on any atom is -0.369 e. The summed E-state index contributed by atoms with van der Waals surface area (Å²) in [7, 11) is 0. The Morgan fingerprint density at radius 2 is 2.12 bits per heavy atom. The number of rotatable bonds is 12. The molecule has 33 heavy (non-hydrogen) atoms. The van der Waals surface area contributed by atoms with Gasteiger partial charge in [-0.25, -0.2) is 9.98 Å². The van der Waals surface area contributed by atoms with Gasteiger partial charge in [-0.05, 0) is 65.2 Å². The normalized spacial score (nSPS) is 17.4. The summed E-state index contributed by atoms with van der Waals surface area (Å²) in [6.07, 6.45) is 5.87. The van der Waals surface area contributed by atoms with Gasteiger partial charge >= 0.3 is 0 Å². The van der Waals surface area contributed by atoms with Crippen LogP contribution in [0.1, 0.15) is 58.9 Å². The first-order valence-electron chi connectivity index (χ1n) is 12.2. The fraction of sp³-hybridized carbons (Fsp3) is 0.708. The number of halogens is 1. The first-order valence-corrected chi connectivity index (χ1v) is 12.2. The summed E-state index contributed by atoms with van der Waals surface area (Å²) in [4.78, 5) is 25.8. The molecule has 1 aliphatic heterocycles. The second-order valence-corrected chi connectivity index (χ2v) is 8.58. The Balaban J connectivity index is 0.00000544. The van der Waals surface area contributed by atoms with Crippen LogP contribution in [0.5, 0.6) is 0 Å². The summed E-state index contributed by atoms with van der Waals surface area (Å²) in [6.45, 7) is 14.9. The number of primary amides is 1. The van der Waals surface area contributed by atoms with Crippen LogP contribution in [0, 0.1) is 5.92 Å². The molecule has 0 aromatic carbocycles. The summed E-state index contributed by atoms with van der Waals surface area (Å²) in [6, 6.07) is 4.35. The van der Waals surface area contributed by atoms with Gasteiger partial charge in [0.05, 0.1) is 12.5 Å². The number of hydrogen-bond donors (Lipinski definition) is 3. The molecule has 1 saturated heterocycles. The van der Waals surface area contributed by atoms with Gasteiger partial charge in [0, 0.05) is 37.4 Å². The number of nitrogens with two attached hydrogens (primary N) is 1. The van der Waals surface area contributed by atoms with Gasteiger partial charge in [-0.1, -0.05) is 19.9 Å². The van der Waals surface area contributed by atoms with Crippen molar-refractivity contribution in [2.75, 3.05) is 44.2 Å². The van der Waals surface area contributed by atoms with E-state index in [4.69, 9.17) is 10.7 Å². The lowest BCUT2D eigenvalue weighted by molar-refractivity contribution is -0.122. The Morgan fingerprint density at radius 3 is 2.79 bits per heavy atom. The van der Waals surface area contributed by atoms with Gasteiger partial charge in [-0.2, -0.15) is 0 Å². The van der Waals surface area contributed by atoms with Crippen molar-refractivity contribution in [1.29, 1.82) is 0 Å². The highest BCUT2D eigenvalue weighted by Crippen LogP contribution is 2.25. The topological polar surface area (TPSA) is 98.9 Å². The minimum absolute atomic E-state index is 0. The molecule has 1 aromatic heterocycles. The summed E-state index contributed by atoms with van der Waals surface area (Å²) in [5, 5.41) is 6.90. The molecule has 2 heterocycles. The van der Waals surface area contributed by atoms with E-state index >= 15 is 0 Å². The van der Waals surface area contributed by atoms with Gasteiger partial charge in [-0.3, -0.25) is 4.79 Å². The van der Waals surface area contributed by atoms with Crippen molar-refractivity contribution in [2.24, 2.45) is 16.6 Å². The van der Waals surface area contributed by atoms with Crippen LogP contribution in [-0.4, -0.2) is 67.1 Å². The number of aromatic nitrogens is 1. The Kier molecular flexibility index (Phi) is 14.3. The molecule has 9 heteroatoms. The standard InChI is InChI=1S/C24H43N7O.HI/c1-5-26-24(29-19(4)11-9-15-30(6-2)7-3)28-17-20-12-8-14-27-23(20)31-16-10-13-21(18-31)22(25)32;/h8,12,14,19,21H,5-7,9-11,13,15-18H2,1-4H3,(H2,25,32)(H2,26,28,29);1H. The highest BCUT2D eigenvalue weighted by Gasteiger charge is 2.25. The Morgan fingerprint density at radius 1 is 1.36 bits per heavy atom. The average Bonchev–Trinajstić information content (AvgIpc) is 2.80. The number of hydrogen-bond acceptors (Lipinski definition) is 5. The molecule has 1 aromatic rings. The highest BCUT2D eigenvalue weighted by atomic mass is 127. The number of anilines is 1. The predicted molar refractivity (Wildman–Crippen MR) is 148 cm³/mol. The molecule has 0 aliphatic carbocycles. The van der Waals surface area contributed by atoms with Crippen LogP contribution >= 0.6 is 24.0 Å². The van der Waals surface area contributed by atoms with Crippen LogP contribution in [0.4, 0.5) is 5.82 Å². The predicted octanol–water partition coefficient (Wildman–Crippen LogP) is 2.97. The fourth-order valence-electron chi connectivity index (χ4n) is 4.19. The average molecular weight is 574 g/mol. The van der Waals surface area contributed by atoms with E-state index in [1.54, 1.807) is 6.20 Å². The second-order valence-electron chi connectivity index (χ2n) is 8.58. The van der Waals surface area contributed by atoms with Gasteiger partial charge in [0.15, 0.2) is 5.96 Å². The molecular weight excluding hydrogens is 529 g/mol. The van der Waals surface area contributed by atoms with Crippen molar-refractivity contribution >= 4 is 41.7 Å². The fourth-order valence-corrected chi connectivity index (χ4v) is 4.19. The maximum atomic E-state index is 11.7. The van der Waals surface area contributed by atoms with E-state index in [1.165, 1.54) is 0 Å². The first-order chi connectivity index (χ1) is 15.5. The van der Waals surface area contributed by atoms with Crippen molar-refractivity contribution in [3.8, 4) is 0 Å². The van der Waals surface area contributed by atoms with Gasteiger partial charge in [0.2, 0.25) is 5.91 Å². The zero-order valence-corrected chi connectivity index (χ0v) is 23.2. The van der Waals surface area contributed by atoms with E-state index < -0.39 is 0 Å². The highest BCUT2D eigenvalue weighted by molar-refractivity contribution is 14.0. The van der Waals surface area contributed by atoms with Gasteiger partial charge in [0.25, 0.3) is 0 Å². The van der Waals surface area contributed by atoms with Gasteiger partial charge in [-0.15, -0.1) is 24.0 Å². The number of amides is 1. The summed E-state index contributed by atoms with van der Waals surface area (Å²) >= 11 is 0. The van der Waals surface area contributed by atoms with Crippen LogP contribution in [0.3, 0.4) is 0 Å². The number of carbonyl (C=O) groups excluding carboxylic acids is 1. The van der Waals surface area contributed by atoms with Crippen LogP contribution in [0.25, 0.3) is 0 Å². The van der Waals surface area contributed by atoms with Crippen molar-refractivity contribution in [2.45, 2.75) is 66.0 Å². The monoisotopic (exact) mass is 573 g/mol. The molecule has 4 N–H and O–H groups in total. The Bertz CT molecular complexity index is 727. The smallest absolute Gasteiger partial charge is 0.222 e. The zero-order valence-electron chi connectivity index (χ0n) is 20.8. The number of aliphatic imine (C=N–C) groups is 1. The molecule has 0 bridgehead atoms. The van der Waals surface area contributed by atoms with E-state index in [1.807, 2.05) is 6.07 Å². The number of piperidine rings is 1. The van der Waals surface area contributed by atoms with Gasteiger partial charge < -0.3 is 26.2 Å². The van der Waals surface area contributed by atoms with E-state index in [0.717, 1.165) is 75.7 Å². The van der Waals surface area contributed by atoms with E-state index in [-0.39, 0.29) is 35.8 Å². The SMILES string of the molecule is CCNC(=NCc1cccnc1N1CCCC(C(N)=O)C1)NC(C)CCCN(CC)CC.I. The molecule has 2 unspecified atom stereocenters. The van der Waals surface area contributed by atoms with Crippen LogP contribution in [0.2, 0.25) is 0 Å². The zero-order chi connectivity index (χ0) is 23.3. The number of nitrogens with zero attached hydrogens (tertiary/aromatic N) is 4.